The van der Waals surface area contributed by atoms with Gasteiger partial charge in [0.2, 0.25) is 0 Å². The van der Waals surface area contributed by atoms with Crippen molar-refractivity contribution < 1.29 is 14.3 Å². The SMILES string of the molecule is C=CCCCCCC(=O)COCCOC. The lowest BCUT2D eigenvalue weighted by atomic mass is 10.1. The minimum Gasteiger partial charge on any atom is -0.382 e. The van der Waals surface area contributed by atoms with Gasteiger partial charge in [-0.25, -0.2) is 0 Å². The molecule has 0 fully saturated rings. The van der Waals surface area contributed by atoms with E-state index in [9.17, 15) is 4.79 Å². The van der Waals surface area contributed by atoms with Gasteiger partial charge in [-0.2, -0.15) is 0 Å². The third-order valence-corrected chi connectivity index (χ3v) is 2.06. The van der Waals surface area contributed by atoms with E-state index in [1.54, 1.807) is 7.11 Å². The van der Waals surface area contributed by atoms with Crippen molar-refractivity contribution in [3.05, 3.63) is 12.7 Å². The first-order valence-corrected chi connectivity index (χ1v) is 5.50. The first-order chi connectivity index (χ1) is 7.31. The van der Waals surface area contributed by atoms with E-state index in [4.69, 9.17) is 9.47 Å². The van der Waals surface area contributed by atoms with Crippen LogP contribution in [0.15, 0.2) is 12.7 Å². The van der Waals surface area contributed by atoms with E-state index in [2.05, 4.69) is 6.58 Å². The van der Waals surface area contributed by atoms with Gasteiger partial charge in [0.15, 0.2) is 5.78 Å². The van der Waals surface area contributed by atoms with Gasteiger partial charge < -0.3 is 9.47 Å². The number of ketones is 1. The van der Waals surface area contributed by atoms with E-state index in [0.29, 0.717) is 19.6 Å². The van der Waals surface area contributed by atoms with Crippen LogP contribution in [0.1, 0.15) is 32.1 Å². The Hall–Kier alpha value is -0.670. The molecule has 0 aliphatic carbocycles. The Morgan fingerprint density at radius 2 is 2.07 bits per heavy atom. The third kappa shape index (κ3) is 11.3. The lowest BCUT2D eigenvalue weighted by molar-refractivity contribution is -0.124. The molecule has 3 heteroatoms. The minimum atomic E-state index is 0.185. The fourth-order valence-electron chi connectivity index (χ4n) is 1.19. The van der Waals surface area contributed by atoms with Crippen molar-refractivity contribution in [2.75, 3.05) is 26.9 Å². The molecule has 0 atom stereocenters. The topological polar surface area (TPSA) is 35.5 Å². The van der Waals surface area contributed by atoms with E-state index >= 15 is 0 Å². The van der Waals surface area contributed by atoms with Crippen LogP contribution in [0.4, 0.5) is 0 Å². The number of rotatable bonds is 11. The normalized spacial score (nSPS) is 10.2. The van der Waals surface area contributed by atoms with Crippen molar-refractivity contribution in [2.24, 2.45) is 0 Å². The summed E-state index contributed by atoms with van der Waals surface area (Å²) in [5.74, 6) is 0.185. The Kier molecular flexibility index (Phi) is 10.9. The number of unbranched alkanes of at least 4 members (excludes halogenated alkanes) is 3. The third-order valence-electron chi connectivity index (χ3n) is 2.06. The molecule has 3 nitrogen and oxygen atoms in total. The van der Waals surface area contributed by atoms with Crippen LogP contribution < -0.4 is 0 Å². The lowest BCUT2D eigenvalue weighted by Crippen LogP contribution is -2.11. The highest BCUT2D eigenvalue weighted by atomic mass is 16.5. The standard InChI is InChI=1S/C12H22O3/c1-3-4-5-6-7-8-12(13)11-15-10-9-14-2/h3H,1,4-11H2,2H3. The van der Waals surface area contributed by atoms with Gasteiger partial charge in [0.25, 0.3) is 0 Å². The van der Waals surface area contributed by atoms with E-state index in [0.717, 1.165) is 25.7 Å². The summed E-state index contributed by atoms with van der Waals surface area (Å²) < 4.78 is 9.93. The highest BCUT2D eigenvalue weighted by molar-refractivity contribution is 5.79. The fourth-order valence-corrected chi connectivity index (χ4v) is 1.19. The van der Waals surface area contributed by atoms with Crippen molar-refractivity contribution in [3.8, 4) is 0 Å². The van der Waals surface area contributed by atoms with Gasteiger partial charge in [-0.1, -0.05) is 12.5 Å². The molecule has 0 aromatic heterocycles. The molecule has 0 aromatic rings. The lowest BCUT2D eigenvalue weighted by Gasteiger charge is -2.02. The monoisotopic (exact) mass is 214 g/mol. The summed E-state index contributed by atoms with van der Waals surface area (Å²) in [6, 6.07) is 0. The number of methoxy groups -OCH3 is 1. The second-order valence-electron chi connectivity index (χ2n) is 3.47. The average molecular weight is 214 g/mol. The molecule has 0 amide bonds. The highest BCUT2D eigenvalue weighted by Crippen LogP contribution is 2.03. The molecule has 0 aromatic carbocycles. The quantitative estimate of drug-likeness (QED) is 0.391. The first kappa shape index (κ1) is 14.3. The molecule has 0 rings (SSSR count). The van der Waals surface area contributed by atoms with E-state index in [1.165, 1.54) is 0 Å². The van der Waals surface area contributed by atoms with E-state index in [1.807, 2.05) is 6.08 Å². The Morgan fingerprint density at radius 3 is 2.73 bits per heavy atom. The van der Waals surface area contributed by atoms with E-state index in [-0.39, 0.29) is 12.4 Å². The Bertz CT molecular complexity index is 166. The number of hydrogen-bond acceptors (Lipinski definition) is 3. The molecular formula is C12H22O3. The molecule has 0 aliphatic rings. The molecule has 15 heavy (non-hydrogen) atoms. The van der Waals surface area contributed by atoms with Gasteiger partial charge in [-0.05, 0) is 19.3 Å². The summed E-state index contributed by atoms with van der Waals surface area (Å²) in [5, 5.41) is 0. The molecule has 0 radical (unpaired) electrons. The smallest absolute Gasteiger partial charge is 0.158 e. The van der Waals surface area contributed by atoms with Crippen LogP contribution in [0.25, 0.3) is 0 Å². The van der Waals surface area contributed by atoms with Gasteiger partial charge in [0, 0.05) is 13.5 Å². The molecule has 0 heterocycles. The predicted molar refractivity (Wildman–Crippen MR) is 61.0 cm³/mol. The molecule has 0 spiro atoms. The molecule has 88 valence electrons. The maximum Gasteiger partial charge on any atom is 0.158 e. The zero-order valence-electron chi connectivity index (χ0n) is 9.67. The summed E-state index contributed by atoms with van der Waals surface area (Å²) in [5.41, 5.74) is 0. The fraction of sp³-hybridized carbons (Fsp3) is 0.750. The number of hydrogen-bond donors (Lipinski definition) is 0. The molecule has 0 aliphatic heterocycles. The maximum absolute atomic E-state index is 11.3. The van der Waals surface area contributed by atoms with Crippen LogP contribution in [0.2, 0.25) is 0 Å². The summed E-state index contributed by atoms with van der Waals surface area (Å²) in [6.07, 6.45) is 6.76. The predicted octanol–water partition coefficient (Wildman–Crippen LogP) is 2.36. The molecule has 0 unspecified atom stereocenters. The zero-order valence-corrected chi connectivity index (χ0v) is 9.67. The van der Waals surface area contributed by atoms with Gasteiger partial charge in [-0.3, -0.25) is 4.79 Å². The van der Waals surface area contributed by atoms with Crippen molar-refractivity contribution in [1.82, 2.24) is 0 Å². The molecule has 0 saturated heterocycles. The van der Waals surface area contributed by atoms with Gasteiger partial charge in [0.05, 0.1) is 13.2 Å². The zero-order chi connectivity index (χ0) is 11.4. The van der Waals surface area contributed by atoms with Gasteiger partial charge in [0.1, 0.15) is 6.61 Å². The Balaban J connectivity index is 3.15. The van der Waals surface area contributed by atoms with Crippen LogP contribution >= 0.6 is 0 Å². The van der Waals surface area contributed by atoms with Crippen LogP contribution in [0.3, 0.4) is 0 Å². The van der Waals surface area contributed by atoms with Gasteiger partial charge in [-0.15, -0.1) is 6.58 Å². The first-order valence-electron chi connectivity index (χ1n) is 5.50. The van der Waals surface area contributed by atoms with Crippen LogP contribution in [-0.4, -0.2) is 32.7 Å². The van der Waals surface area contributed by atoms with Crippen LogP contribution in [-0.2, 0) is 14.3 Å². The largest absolute Gasteiger partial charge is 0.382 e. The average Bonchev–Trinajstić information content (AvgIpc) is 2.24. The highest BCUT2D eigenvalue weighted by Gasteiger charge is 2.01. The molecule has 0 saturated carbocycles. The van der Waals surface area contributed by atoms with E-state index < -0.39 is 0 Å². The second kappa shape index (κ2) is 11.4. The van der Waals surface area contributed by atoms with Crippen LogP contribution in [0, 0.1) is 0 Å². The van der Waals surface area contributed by atoms with Gasteiger partial charge >= 0.3 is 0 Å². The summed E-state index contributed by atoms with van der Waals surface area (Å²) >= 11 is 0. The molecular weight excluding hydrogens is 192 g/mol. The summed E-state index contributed by atoms with van der Waals surface area (Å²) in [6.45, 7) is 4.93. The van der Waals surface area contributed by atoms with Crippen molar-refractivity contribution in [3.63, 3.8) is 0 Å². The molecule has 0 bridgehead atoms. The number of carbonyl (C=O) groups excluding carboxylic acids is 1. The van der Waals surface area contributed by atoms with Crippen molar-refractivity contribution in [1.29, 1.82) is 0 Å². The minimum absolute atomic E-state index is 0.185. The number of ether oxygens (including phenoxy) is 2. The van der Waals surface area contributed by atoms with Crippen LogP contribution in [0.5, 0.6) is 0 Å². The van der Waals surface area contributed by atoms with Crippen molar-refractivity contribution >= 4 is 5.78 Å². The number of allylic oxidation sites excluding steroid dienone is 1. The Morgan fingerprint density at radius 1 is 1.27 bits per heavy atom. The maximum atomic E-state index is 11.3. The van der Waals surface area contributed by atoms with Crippen molar-refractivity contribution in [2.45, 2.75) is 32.1 Å². The number of carbonyl (C=O) groups is 1. The Labute approximate surface area is 92.5 Å². The number of Topliss-reactive ketones (excluding diaryl/α,β-unsaturated/α-hetero) is 1. The summed E-state index contributed by atoms with van der Waals surface area (Å²) in [7, 11) is 1.62. The molecule has 0 N–H and O–H groups in total. The second-order valence-corrected chi connectivity index (χ2v) is 3.47. The summed E-state index contributed by atoms with van der Waals surface area (Å²) in [4.78, 5) is 11.3.